The molecule has 1 fully saturated rings. The van der Waals surface area contributed by atoms with E-state index in [4.69, 9.17) is 10.8 Å². The average molecular weight is 172 g/mol. The molecule has 0 aliphatic carbocycles. The molecule has 0 aromatic rings. The SMILES string of the molecule is CN1CCCCC1C(N)CCO. The summed E-state index contributed by atoms with van der Waals surface area (Å²) in [6.07, 6.45) is 4.50. The van der Waals surface area contributed by atoms with E-state index < -0.39 is 0 Å². The lowest BCUT2D eigenvalue weighted by atomic mass is 9.95. The Morgan fingerprint density at radius 1 is 1.58 bits per heavy atom. The normalized spacial score (nSPS) is 28.8. The molecular formula is C9H20N2O. The topological polar surface area (TPSA) is 49.5 Å². The number of piperidine rings is 1. The van der Waals surface area contributed by atoms with E-state index in [1.807, 2.05) is 0 Å². The molecule has 0 aromatic carbocycles. The fourth-order valence-electron chi connectivity index (χ4n) is 1.98. The second kappa shape index (κ2) is 4.80. The van der Waals surface area contributed by atoms with Crippen molar-refractivity contribution in [3.8, 4) is 0 Å². The first-order valence-electron chi connectivity index (χ1n) is 4.82. The van der Waals surface area contributed by atoms with Crippen LogP contribution in [0.2, 0.25) is 0 Å². The van der Waals surface area contributed by atoms with Crippen molar-refractivity contribution in [3.63, 3.8) is 0 Å². The van der Waals surface area contributed by atoms with Crippen molar-refractivity contribution in [1.29, 1.82) is 0 Å². The van der Waals surface area contributed by atoms with Gasteiger partial charge in [-0.25, -0.2) is 0 Å². The van der Waals surface area contributed by atoms with Gasteiger partial charge in [-0.15, -0.1) is 0 Å². The molecular weight excluding hydrogens is 152 g/mol. The van der Waals surface area contributed by atoms with Crippen LogP contribution in [0.3, 0.4) is 0 Å². The van der Waals surface area contributed by atoms with Crippen LogP contribution in [-0.4, -0.2) is 42.3 Å². The van der Waals surface area contributed by atoms with Gasteiger partial charge in [0.15, 0.2) is 0 Å². The Morgan fingerprint density at radius 2 is 2.33 bits per heavy atom. The molecule has 1 rings (SSSR count). The first-order chi connectivity index (χ1) is 5.75. The quantitative estimate of drug-likeness (QED) is 0.638. The number of rotatable bonds is 3. The van der Waals surface area contributed by atoms with E-state index in [-0.39, 0.29) is 12.6 Å². The molecule has 1 aliphatic rings. The van der Waals surface area contributed by atoms with Crippen LogP contribution in [0, 0.1) is 0 Å². The maximum Gasteiger partial charge on any atom is 0.0446 e. The molecule has 72 valence electrons. The second-order valence-electron chi connectivity index (χ2n) is 3.72. The van der Waals surface area contributed by atoms with E-state index in [2.05, 4.69) is 11.9 Å². The summed E-state index contributed by atoms with van der Waals surface area (Å²) in [6, 6.07) is 0.645. The molecule has 3 heteroatoms. The highest BCUT2D eigenvalue weighted by molar-refractivity contribution is 4.83. The molecule has 1 heterocycles. The largest absolute Gasteiger partial charge is 0.396 e. The number of nitrogens with two attached hydrogens (primary N) is 1. The Labute approximate surface area is 74.5 Å². The number of aliphatic hydroxyl groups is 1. The lowest BCUT2D eigenvalue weighted by Gasteiger charge is -2.36. The second-order valence-corrected chi connectivity index (χ2v) is 3.72. The zero-order chi connectivity index (χ0) is 8.97. The monoisotopic (exact) mass is 172 g/mol. The molecule has 2 unspecified atom stereocenters. The number of aliphatic hydroxyl groups excluding tert-OH is 1. The minimum Gasteiger partial charge on any atom is -0.396 e. The fourth-order valence-corrected chi connectivity index (χ4v) is 1.98. The summed E-state index contributed by atoms with van der Waals surface area (Å²) in [5, 5.41) is 8.76. The molecule has 3 N–H and O–H groups in total. The Morgan fingerprint density at radius 3 is 2.92 bits per heavy atom. The average Bonchev–Trinajstić information content (AvgIpc) is 2.05. The molecule has 0 amide bonds. The zero-order valence-electron chi connectivity index (χ0n) is 7.87. The Bertz CT molecular complexity index is 130. The molecule has 3 nitrogen and oxygen atoms in total. The van der Waals surface area contributed by atoms with Crippen LogP contribution < -0.4 is 5.73 Å². The van der Waals surface area contributed by atoms with E-state index in [0.717, 1.165) is 13.0 Å². The van der Waals surface area contributed by atoms with Crippen molar-refractivity contribution in [3.05, 3.63) is 0 Å². The van der Waals surface area contributed by atoms with Crippen molar-refractivity contribution in [2.45, 2.75) is 37.8 Å². The summed E-state index contributed by atoms with van der Waals surface area (Å²) in [4.78, 5) is 2.32. The first kappa shape index (κ1) is 9.96. The van der Waals surface area contributed by atoms with E-state index in [0.29, 0.717) is 6.04 Å². The minimum absolute atomic E-state index is 0.153. The van der Waals surface area contributed by atoms with Crippen LogP contribution in [0.15, 0.2) is 0 Å². The summed E-state index contributed by atoms with van der Waals surface area (Å²) in [5.74, 6) is 0. The predicted molar refractivity (Wildman–Crippen MR) is 49.9 cm³/mol. The summed E-state index contributed by atoms with van der Waals surface area (Å²) < 4.78 is 0. The summed E-state index contributed by atoms with van der Waals surface area (Å²) in [6.45, 7) is 1.37. The lowest BCUT2D eigenvalue weighted by molar-refractivity contribution is 0.144. The first-order valence-corrected chi connectivity index (χ1v) is 4.82. The lowest BCUT2D eigenvalue weighted by Crippen LogP contribution is -2.48. The third-order valence-corrected chi connectivity index (χ3v) is 2.78. The van der Waals surface area contributed by atoms with Crippen molar-refractivity contribution in [2.75, 3.05) is 20.2 Å². The Balaban J connectivity index is 2.36. The van der Waals surface area contributed by atoms with Crippen molar-refractivity contribution in [1.82, 2.24) is 4.90 Å². The van der Waals surface area contributed by atoms with Crippen molar-refractivity contribution in [2.24, 2.45) is 5.73 Å². The highest BCUT2D eigenvalue weighted by atomic mass is 16.3. The minimum atomic E-state index is 0.153. The van der Waals surface area contributed by atoms with Gasteiger partial charge in [0.2, 0.25) is 0 Å². The summed E-state index contributed by atoms with van der Waals surface area (Å²) in [7, 11) is 2.13. The standard InChI is InChI=1S/C9H20N2O/c1-11-6-3-2-4-9(11)8(10)5-7-12/h8-9,12H,2-7,10H2,1H3. The van der Waals surface area contributed by atoms with Crippen molar-refractivity contribution >= 4 is 0 Å². The van der Waals surface area contributed by atoms with Crippen LogP contribution in [0.4, 0.5) is 0 Å². The molecule has 12 heavy (non-hydrogen) atoms. The van der Waals surface area contributed by atoms with Gasteiger partial charge in [0.05, 0.1) is 0 Å². The van der Waals surface area contributed by atoms with Gasteiger partial charge in [0.25, 0.3) is 0 Å². The van der Waals surface area contributed by atoms with Gasteiger partial charge < -0.3 is 15.7 Å². The van der Waals surface area contributed by atoms with Gasteiger partial charge in [-0.2, -0.15) is 0 Å². The van der Waals surface area contributed by atoms with Gasteiger partial charge in [-0.1, -0.05) is 6.42 Å². The van der Waals surface area contributed by atoms with E-state index >= 15 is 0 Å². The number of hydrogen-bond donors (Lipinski definition) is 2. The molecule has 0 bridgehead atoms. The molecule has 0 aromatic heterocycles. The number of likely N-dealkylation sites (N-methyl/N-ethyl adjacent to an activating group) is 1. The van der Waals surface area contributed by atoms with Gasteiger partial charge >= 0.3 is 0 Å². The highest BCUT2D eigenvalue weighted by Gasteiger charge is 2.24. The molecule has 2 atom stereocenters. The van der Waals surface area contributed by atoms with Crippen LogP contribution in [0.1, 0.15) is 25.7 Å². The number of likely N-dealkylation sites (tertiary alicyclic amines) is 1. The van der Waals surface area contributed by atoms with Gasteiger partial charge in [0.1, 0.15) is 0 Å². The zero-order valence-corrected chi connectivity index (χ0v) is 7.87. The molecule has 1 saturated heterocycles. The Hall–Kier alpha value is -0.120. The third-order valence-electron chi connectivity index (χ3n) is 2.78. The van der Waals surface area contributed by atoms with Crippen LogP contribution >= 0.6 is 0 Å². The summed E-state index contributed by atoms with van der Waals surface area (Å²) >= 11 is 0. The van der Waals surface area contributed by atoms with Gasteiger partial charge in [0, 0.05) is 18.7 Å². The van der Waals surface area contributed by atoms with E-state index in [1.54, 1.807) is 0 Å². The highest BCUT2D eigenvalue weighted by Crippen LogP contribution is 2.18. The van der Waals surface area contributed by atoms with Crippen molar-refractivity contribution < 1.29 is 5.11 Å². The smallest absolute Gasteiger partial charge is 0.0446 e. The molecule has 0 radical (unpaired) electrons. The maximum atomic E-state index is 8.76. The van der Waals surface area contributed by atoms with Crippen LogP contribution in [0.5, 0.6) is 0 Å². The van der Waals surface area contributed by atoms with Crippen LogP contribution in [-0.2, 0) is 0 Å². The van der Waals surface area contributed by atoms with Gasteiger partial charge in [-0.05, 0) is 32.9 Å². The van der Waals surface area contributed by atoms with E-state index in [1.165, 1.54) is 19.3 Å². The predicted octanol–water partition coefficient (Wildman–Crippen LogP) is 0.180. The number of hydrogen-bond acceptors (Lipinski definition) is 3. The number of nitrogens with zero attached hydrogens (tertiary/aromatic N) is 1. The Kier molecular flexibility index (Phi) is 3.98. The molecule has 1 aliphatic heterocycles. The third kappa shape index (κ3) is 2.44. The van der Waals surface area contributed by atoms with Gasteiger partial charge in [-0.3, -0.25) is 0 Å². The maximum absolute atomic E-state index is 8.76. The molecule has 0 spiro atoms. The fraction of sp³-hybridized carbons (Fsp3) is 1.00. The van der Waals surface area contributed by atoms with Crippen LogP contribution in [0.25, 0.3) is 0 Å². The molecule has 0 saturated carbocycles. The summed E-state index contributed by atoms with van der Waals surface area (Å²) in [5.41, 5.74) is 5.95. The van der Waals surface area contributed by atoms with E-state index in [9.17, 15) is 0 Å².